The van der Waals surface area contributed by atoms with Crippen LogP contribution >= 0.6 is 0 Å². The van der Waals surface area contributed by atoms with E-state index in [-0.39, 0.29) is 0 Å². The lowest BCUT2D eigenvalue weighted by atomic mass is 10.0. The van der Waals surface area contributed by atoms with Crippen molar-refractivity contribution in [1.82, 2.24) is 0 Å². The first-order valence-corrected chi connectivity index (χ1v) is 22.1. The van der Waals surface area contributed by atoms with Gasteiger partial charge in [0.2, 0.25) is 0 Å². The normalized spacial score (nSPS) is 10.8. The van der Waals surface area contributed by atoms with Crippen LogP contribution in [0.4, 0.5) is 68.2 Å². The molecule has 0 amide bonds. The molecule has 312 valence electrons. The van der Waals surface area contributed by atoms with E-state index in [1.165, 1.54) is 5.56 Å². The second kappa shape index (κ2) is 18.8. The second-order valence-electron chi connectivity index (χ2n) is 16.0. The van der Waals surface area contributed by atoms with Gasteiger partial charge in [0.25, 0.3) is 0 Å². The smallest absolute Gasteiger partial charge is 0.0464 e. The highest BCUT2D eigenvalue weighted by Gasteiger charge is 2.18. The van der Waals surface area contributed by atoms with Crippen LogP contribution in [-0.2, 0) is 0 Å². The van der Waals surface area contributed by atoms with Crippen molar-refractivity contribution in [3.8, 4) is 11.1 Å². The molecule has 0 aliphatic carbocycles. The molecule has 0 aromatic heterocycles. The molecule has 0 N–H and O–H groups in total. The molecule has 0 unspecified atom stereocenters. The maximum absolute atomic E-state index is 2.32. The average Bonchev–Trinajstić information content (AvgIpc) is 3.37. The van der Waals surface area contributed by atoms with Gasteiger partial charge in [0.05, 0.1) is 0 Å². The van der Waals surface area contributed by atoms with E-state index in [2.05, 4.69) is 300 Å². The number of rotatable bonds is 13. The summed E-state index contributed by atoms with van der Waals surface area (Å²) in [5, 5.41) is 0. The van der Waals surface area contributed by atoms with E-state index in [9.17, 15) is 0 Å². The van der Waals surface area contributed by atoms with Crippen LogP contribution in [0.1, 0.15) is 5.56 Å². The van der Waals surface area contributed by atoms with Gasteiger partial charge >= 0.3 is 0 Å². The fourth-order valence-corrected chi connectivity index (χ4v) is 8.55. The molecular formula is C61H48N4. The standard InChI is InChI=1S/C61H48N4/c1-47-18-17-29-61(46-47)65(54-27-15-6-16-28-54)60-44-42-59(43-45-60)64(53-25-13-5-14-26-53)56-36-32-49(33-37-56)48-30-34-55(35-31-48)63(52-23-11-4-12-24-52)58-40-38-57(39-41-58)62(50-19-7-2-8-20-50)51-21-9-3-10-22-51/h2-46H,1H3. The van der Waals surface area contributed by atoms with Crippen LogP contribution in [0.25, 0.3) is 11.1 Å². The summed E-state index contributed by atoms with van der Waals surface area (Å²) in [6.07, 6.45) is 0. The minimum Gasteiger partial charge on any atom is -0.311 e. The molecule has 0 spiro atoms. The Morgan fingerprint density at radius 2 is 0.385 bits per heavy atom. The van der Waals surface area contributed by atoms with Gasteiger partial charge in [0, 0.05) is 68.2 Å². The van der Waals surface area contributed by atoms with Crippen LogP contribution in [-0.4, -0.2) is 0 Å². The Bertz CT molecular complexity index is 3010. The maximum atomic E-state index is 2.32. The third-order valence-electron chi connectivity index (χ3n) is 11.6. The Labute approximate surface area is 382 Å². The molecule has 0 bridgehead atoms. The molecule has 0 atom stereocenters. The number of para-hydroxylation sites is 5. The van der Waals surface area contributed by atoms with E-state index in [0.717, 1.165) is 79.4 Å². The van der Waals surface area contributed by atoms with Crippen molar-refractivity contribution in [1.29, 1.82) is 0 Å². The molecule has 0 aliphatic rings. The number of nitrogens with zero attached hydrogens (tertiary/aromatic N) is 4. The quantitative estimate of drug-likeness (QED) is 0.115. The third-order valence-corrected chi connectivity index (χ3v) is 11.6. The first kappa shape index (κ1) is 40.5. The minimum absolute atomic E-state index is 1.08. The van der Waals surface area contributed by atoms with E-state index >= 15 is 0 Å². The average molecular weight is 837 g/mol. The zero-order valence-corrected chi connectivity index (χ0v) is 36.3. The van der Waals surface area contributed by atoms with Gasteiger partial charge in [0.1, 0.15) is 0 Å². The topological polar surface area (TPSA) is 13.0 Å². The van der Waals surface area contributed by atoms with Crippen molar-refractivity contribution >= 4 is 68.2 Å². The highest BCUT2D eigenvalue weighted by Crippen LogP contribution is 2.42. The van der Waals surface area contributed by atoms with Crippen LogP contribution in [0.5, 0.6) is 0 Å². The van der Waals surface area contributed by atoms with E-state index in [0.29, 0.717) is 0 Å². The summed E-state index contributed by atoms with van der Waals surface area (Å²) in [6.45, 7) is 2.14. The molecule has 65 heavy (non-hydrogen) atoms. The Morgan fingerprint density at radius 1 is 0.185 bits per heavy atom. The largest absolute Gasteiger partial charge is 0.311 e. The van der Waals surface area contributed by atoms with E-state index in [4.69, 9.17) is 0 Å². The monoisotopic (exact) mass is 836 g/mol. The van der Waals surface area contributed by atoms with E-state index in [1.54, 1.807) is 0 Å². The Balaban J connectivity index is 0.933. The molecule has 0 radical (unpaired) electrons. The van der Waals surface area contributed by atoms with Gasteiger partial charge in [-0.2, -0.15) is 0 Å². The van der Waals surface area contributed by atoms with Crippen LogP contribution in [0.15, 0.2) is 273 Å². The lowest BCUT2D eigenvalue weighted by Crippen LogP contribution is -2.12. The fourth-order valence-electron chi connectivity index (χ4n) is 8.55. The molecule has 10 aromatic carbocycles. The zero-order valence-electron chi connectivity index (χ0n) is 36.3. The highest BCUT2D eigenvalue weighted by molar-refractivity contribution is 5.84. The van der Waals surface area contributed by atoms with Gasteiger partial charge in [-0.05, 0) is 169 Å². The van der Waals surface area contributed by atoms with Gasteiger partial charge in [-0.15, -0.1) is 0 Å². The molecular weight excluding hydrogens is 789 g/mol. The number of benzene rings is 10. The number of hydrogen-bond acceptors (Lipinski definition) is 4. The fraction of sp³-hybridized carbons (Fsp3) is 0.0164. The van der Waals surface area contributed by atoms with E-state index < -0.39 is 0 Å². The summed E-state index contributed by atoms with van der Waals surface area (Å²) in [7, 11) is 0. The molecule has 0 saturated heterocycles. The van der Waals surface area contributed by atoms with Crippen LogP contribution in [0, 0.1) is 6.92 Å². The number of anilines is 12. The minimum atomic E-state index is 1.08. The lowest BCUT2D eigenvalue weighted by Gasteiger charge is -2.28. The second-order valence-corrected chi connectivity index (χ2v) is 16.0. The Kier molecular flexibility index (Phi) is 11.7. The predicted molar refractivity (Wildman–Crippen MR) is 275 cm³/mol. The number of hydrogen-bond donors (Lipinski definition) is 0. The molecule has 0 saturated carbocycles. The summed E-state index contributed by atoms with van der Waals surface area (Å²) in [6, 6.07) is 96.9. The van der Waals surface area contributed by atoms with Crippen LogP contribution in [0.2, 0.25) is 0 Å². The first-order valence-electron chi connectivity index (χ1n) is 22.1. The van der Waals surface area contributed by atoms with Crippen molar-refractivity contribution in [2.24, 2.45) is 0 Å². The van der Waals surface area contributed by atoms with Crippen molar-refractivity contribution < 1.29 is 0 Å². The molecule has 0 fully saturated rings. The molecule has 4 nitrogen and oxygen atoms in total. The van der Waals surface area contributed by atoms with Crippen LogP contribution in [0.3, 0.4) is 0 Å². The molecule has 0 aliphatic heterocycles. The Morgan fingerprint density at radius 3 is 0.631 bits per heavy atom. The highest BCUT2D eigenvalue weighted by atomic mass is 15.2. The maximum Gasteiger partial charge on any atom is 0.0464 e. The summed E-state index contributed by atoms with van der Waals surface area (Å²) in [5.74, 6) is 0. The molecule has 4 heteroatoms. The molecule has 10 aromatic rings. The van der Waals surface area contributed by atoms with Gasteiger partial charge < -0.3 is 19.6 Å². The Hall–Kier alpha value is -8.60. The SMILES string of the molecule is Cc1cccc(N(c2ccccc2)c2ccc(N(c3ccccc3)c3ccc(-c4ccc(N(c5ccccc5)c5ccc(N(c6ccccc6)c6ccccc6)cc5)cc4)cc3)cc2)c1. The van der Waals surface area contributed by atoms with Crippen LogP contribution < -0.4 is 19.6 Å². The summed E-state index contributed by atoms with van der Waals surface area (Å²) in [4.78, 5) is 9.23. The van der Waals surface area contributed by atoms with E-state index in [1.807, 2.05) is 0 Å². The van der Waals surface area contributed by atoms with Gasteiger partial charge in [0.15, 0.2) is 0 Å². The van der Waals surface area contributed by atoms with Gasteiger partial charge in [-0.25, -0.2) is 0 Å². The first-order chi connectivity index (χ1) is 32.2. The third kappa shape index (κ3) is 8.88. The predicted octanol–water partition coefficient (Wildman–Crippen LogP) is 17.5. The van der Waals surface area contributed by atoms with Gasteiger partial charge in [-0.3, -0.25) is 0 Å². The van der Waals surface area contributed by atoms with Gasteiger partial charge in [-0.1, -0.05) is 127 Å². The lowest BCUT2D eigenvalue weighted by molar-refractivity contribution is 1.25. The zero-order chi connectivity index (χ0) is 43.8. The van der Waals surface area contributed by atoms with Crippen molar-refractivity contribution in [2.45, 2.75) is 6.92 Å². The summed E-state index contributed by atoms with van der Waals surface area (Å²) >= 11 is 0. The molecule has 0 heterocycles. The van der Waals surface area contributed by atoms with Crippen molar-refractivity contribution in [3.63, 3.8) is 0 Å². The number of aryl methyl sites for hydroxylation is 1. The van der Waals surface area contributed by atoms with Crippen molar-refractivity contribution in [2.75, 3.05) is 19.6 Å². The summed E-state index contributed by atoms with van der Waals surface area (Å²) < 4.78 is 0. The molecule has 10 rings (SSSR count). The summed E-state index contributed by atoms with van der Waals surface area (Å²) in [5.41, 5.74) is 16.7. The van der Waals surface area contributed by atoms with Crippen molar-refractivity contribution in [3.05, 3.63) is 279 Å².